The second kappa shape index (κ2) is 6.36. The number of fused-ring (bicyclic) bond motifs is 1. The first-order valence-electron chi connectivity index (χ1n) is 7.50. The Bertz CT molecular complexity index is 899. The molecule has 0 saturated carbocycles. The van der Waals surface area contributed by atoms with Crippen LogP contribution in [0.25, 0.3) is 27.9 Å². The third-order valence-corrected chi connectivity index (χ3v) is 3.70. The summed E-state index contributed by atoms with van der Waals surface area (Å²) >= 11 is 0. The zero-order valence-electron chi connectivity index (χ0n) is 13.0. The van der Waals surface area contributed by atoms with Crippen molar-refractivity contribution < 1.29 is 9.94 Å². The van der Waals surface area contributed by atoms with E-state index in [2.05, 4.69) is 34.8 Å². The Hall–Kier alpha value is -3.08. The predicted octanol–water partition coefficient (Wildman–Crippen LogP) is 3.62. The van der Waals surface area contributed by atoms with Crippen LogP contribution in [0, 0.1) is 0 Å². The van der Waals surface area contributed by atoms with Crippen LogP contribution in [0.2, 0.25) is 0 Å². The van der Waals surface area contributed by atoms with Crippen LogP contribution in [-0.4, -0.2) is 20.4 Å². The van der Waals surface area contributed by atoms with Crippen molar-refractivity contribution in [3.8, 4) is 11.3 Å². The zero-order valence-corrected chi connectivity index (χ0v) is 13.0. The lowest BCUT2D eigenvalue weighted by molar-refractivity contribution is -0.885. The summed E-state index contributed by atoms with van der Waals surface area (Å²) in [5, 5.41) is 18.0. The van der Waals surface area contributed by atoms with Gasteiger partial charge in [-0.05, 0) is 24.1 Å². The lowest BCUT2D eigenvalue weighted by atomic mass is 10.0. The summed E-state index contributed by atoms with van der Waals surface area (Å²) in [7, 11) is 0. The van der Waals surface area contributed by atoms with Crippen molar-refractivity contribution in [2.45, 2.75) is 13.3 Å². The molecule has 0 radical (unpaired) electrons. The van der Waals surface area contributed by atoms with Gasteiger partial charge in [0.1, 0.15) is 6.20 Å². The minimum Gasteiger partial charge on any atom is -0.350 e. The zero-order chi connectivity index (χ0) is 16.2. The topological polar surface area (TPSA) is 68.6 Å². The Morgan fingerprint density at radius 3 is 3.13 bits per heavy atom. The predicted molar refractivity (Wildman–Crippen MR) is 90.9 cm³/mol. The fourth-order valence-electron chi connectivity index (χ4n) is 2.57. The van der Waals surface area contributed by atoms with Crippen molar-refractivity contribution in [1.82, 2.24) is 15.2 Å². The van der Waals surface area contributed by atoms with Gasteiger partial charge >= 0.3 is 5.65 Å². The van der Waals surface area contributed by atoms with Crippen LogP contribution in [0.5, 0.6) is 0 Å². The Morgan fingerprint density at radius 2 is 2.35 bits per heavy atom. The summed E-state index contributed by atoms with van der Waals surface area (Å²) < 4.78 is 1.07. The summed E-state index contributed by atoms with van der Waals surface area (Å²) in [6, 6.07) is 3.75. The van der Waals surface area contributed by atoms with Gasteiger partial charge in [0.05, 0.1) is 29.0 Å². The number of H-pyrrole nitrogens is 2. The maximum Gasteiger partial charge on any atom is 0.326 e. The molecule has 23 heavy (non-hydrogen) atoms. The maximum absolute atomic E-state index is 9.87. The number of aromatic nitrogens is 4. The SMILES string of the molecule is C=C/C(=C\C=C/CC)c1cn[nH]c1-c1c[nH]c2c1ccc[n+]2O. The fraction of sp³-hybridized carbons (Fsp3) is 0.111. The molecule has 3 aromatic heterocycles. The number of hydrogen-bond acceptors (Lipinski definition) is 2. The van der Waals surface area contributed by atoms with Crippen molar-refractivity contribution in [1.29, 1.82) is 0 Å². The van der Waals surface area contributed by atoms with Gasteiger partial charge in [-0.2, -0.15) is 5.10 Å². The summed E-state index contributed by atoms with van der Waals surface area (Å²) in [6.07, 6.45) is 14.2. The molecule has 3 heterocycles. The highest BCUT2D eigenvalue weighted by atomic mass is 16.5. The highest BCUT2D eigenvalue weighted by Gasteiger charge is 2.19. The number of hydrogen-bond donors (Lipinski definition) is 3. The smallest absolute Gasteiger partial charge is 0.326 e. The van der Waals surface area contributed by atoms with Crippen LogP contribution in [0.1, 0.15) is 18.9 Å². The van der Waals surface area contributed by atoms with Gasteiger partial charge in [-0.15, -0.1) is 0 Å². The molecule has 0 fully saturated rings. The third kappa shape index (κ3) is 2.68. The molecule has 3 N–H and O–H groups in total. The van der Waals surface area contributed by atoms with Crippen molar-refractivity contribution in [2.24, 2.45) is 0 Å². The second-order valence-corrected chi connectivity index (χ2v) is 5.14. The van der Waals surface area contributed by atoms with E-state index in [9.17, 15) is 5.21 Å². The van der Waals surface area contributed by atoms with E-state index >= 15 is 0 Å². The first-order chi connectivity index (χ1) is 11.3. The lowest BCUT2D eigenvalue weighted by Crippen LogP contribution is -2.29. The molecule has 0 bridgehead atoms. The van der Waals surface area contributed by atoms with Gasteiger partial charge in [-0.25, -0.2) is 4.98 Å². The van der Waals surface area contributed by atoms with Gasteiger partial charge in [-0.3, -0.25) is 5.10 Å². The number of rotatable bonds is 5. The van der Waals surface area contributed by atoms with Crippen LogP contribution >= 0.6 is 0 Å². The molecule has 0 spiro atoms. The van der Waals surface area contributed by atoms with E-state index in [0.29, 0.717) is 5.65 Å². The summed E-state index contributed by atoms with van der Waals surface area (Å²) in [6.45, 7) is 5.99. The number of allylic oxidation sites excluding steroid dienone is 5. The normalized spacial score (nSPS) is 12.3. The van der Waals surface area contributed by atoms with Crippen LogP contribution in [0.15, 0.2) is 61.6 Å². The Kier molecular flexibility index (Phi) is 4.10. The van der Waals surface area contributed by atoms with E-state index in [4.69, 9.17) is 0 Å². The molecule has 0 amide bonds. The number of nitrogens with one attached hydrogen (secondary N) is 2. The first kappa shape index (κ1) is 14.8. The van der Waals surface area contributed by atoms with Gasteiger partial charge in [0.15, 0.2) is 0 Å². The minimum absolute atomic E-state index is 0.637. The van der Waals surface area contributed by atoms with Crippen LogP contribution in [-0.2, 0) is 0 Å². The average molecular weight is 307 g/mol. The van der Waals surface area contributed by atoms with Crippen LogP contribution in [0.3, 0.4) is 0 Å². The van der Waals surface area contributed by atoms with Crippen LogP contribution in [0.4, 0.5) is 0 Å². The average Bonchev–Trinajstić information content (AvgIpc) is 3.18. The Morgan fingerprint density at radius 1 is 1.48 bits per heavy atom. The van der Waals surface area contributed by atoms with Gasteiger partial charge in [0.2, 0.25) is 0 Å². The van der Waals surface area contributed by atoms with E-state index < -0.39 is 0 Å². The molecule has 0 aliphatic heterocycles. The maximum atomic E-state index is 9.87. The van der Waals surface area contributed by atoms with Gasteiger partial charge in [0, 0.05) is 5.56 Å². The van der Waals surface area contributed by atoms with E-state index in [0.717, 1.165) is 38.9 Å². The molecule has 0 atom stereocenters. The molecular formula is C18H19N4O+. The number of nitrogens with zero attached hydrogens (tertiary/aromatic N) is 2. The van der Waals surface area contributed by atoms with Gasteiger partial charge < -0.3 is 5.21 Å². The van der Waals surface area contributed by atoms with E-state index in [-0.39, 0.29) is 0 Å². The van der Waals surface area contributed by atoms with Crippen LogP contribution < -0.4 is 4.73 Å². The lowest BCUT2D eigenvalue weighted by Gasteiger charge is -2.02. The Labute approximate surface area is 134 Å². The monoisotopic (exact) mass is 307 g/mol. The fourth-order valence-corrected chi connectivity index (χ4v) is 2.57. The molecular weight excluding hydrogens is 288 g/mol. The molecule has 0 unspecified atom stereocenters. The number of aromatic amines is 2. The van der Waals surface area contributed by atoms with Gasteiger partial charge in [-0.1, -0.05) is 42.5 Å². The van der Waals surface area contributed by atoms with E-state index in [1.165, 1.54) is 0 Å². The molecule has 116 valence electrons. The largest absolute Gasteiger partial charge is 0.350 e. The van der Waals surface area contributed by atoms with Crippen molar-refractivity contribution in [3.05, 3.63) is 67.2 Å². The summed E-state index contributed by atoms with van der Waals surface area (Å²) in [4.78, 5) is 3.09. The molecule has 0 aliphatic carbocycles. The van der Waals surface area contributed by atoms with Gasteiger partial charge in [0.25, 0.3) is 0 Å². The number of pyridine rings is 1. The molecule has 0 aromatic carbocycles. The molecule has 3 rings (SSSR count). The highest BCUT2D eigenvalue weighted by Crippen LogP contribution is 2.31. The van der Waals surface area contributed by atoms with Crippen molar-refractivity contribution in [3.63, 3.8) is 0 Å². The summed E-state index contributed by atoms with van der Waals surface area (Å²) in [5.41, 5.74) is 4.43. The van der Waals surface area contributed by atoms with Crippen molar-refractivity contribution >= 4 is 16.6 Å². The Balaban J connectivity index is 2.13. The summed E-state index contributed by atoms with van der Waals surface area (Å²) in [5.74, 6) is 0. The molecule has 3 aromatic rings. The molecule has 5 heteroatoms. The quantitative estimate of drug-likeness (QED) is 0.383. The molecule has 5 nitrogen and oxygen atoms in total. The minimum atomic E-state index is 0.637. The highest BCUT2D eigenvalue weighted by molar-refractivity contribution is 5.95. The van der Waals surface area contributed by atoms with Crippen molar-refractivity contribution in [2.75, 3.05) is 0 Å². The second-order valence-electron chi connectivity index (χ2n) is 5.14. The molecule has 0 saturated heterocycles. The first-order valence-corrected chi connectivity index (χ1v) is 7.50. The third-order valence-electron chi connectivity index (χ3n) is 3.70. The van der Waals surface area contributed by atoms with E-state index in [1.807, 2.05) is 30.5 Å². The molecule has 0 aliphatic rings. The van der Waals surface area contributed by atoms with E-state index in [1.54, 1.807) is 18.5 Å². The standard InChI is InChI=1S/C18H18N4O/c1-3-5-6-8-13(4-2)15-12-20-21-17(15)16-11-19-18-14(16)9-7-10-22(18)23/h4-12,23H,2-3H2,1H3,(H,20,21)/p+1/b6-5-,13-8+.